The maximum atomic E-state index is 12.6. The van der Waals surface area contributed by atoms with E-state index in [9.17, 15) is 4.79 Å². The molecule has 3 rings (SSSR count). The Balaban J connectivity index is 1.57. The number of hydrogen-bond donors (Lipinski definition) is 1. The molecule has 6 heteroatoms. The molecular weight excluding hydrogens is 352 g/mol. The van der Waals surface area contributed by atoms with Crippen LogP contribution in [0.2, 0.25) is 0 Å². The fraction of sp³-hybridized carbons (Fsp3) is 0.409. The molecule has 2 amide bonds. The van der Waals surface area contributed by atoms with Crippen LogP contribution in [-0.4, -0.2) is 57.3 Å². The highest BCUT2D eigenvalue weighted by atomic mass is 16.5. The summed E-state index contributed by atoms with van der Waals surface area (Å²) in [5.41, 5.74) is 3.01. The van der Waals surface area contributed by atoms with Crippen molar-refractivity contribution in [3.63, 3.8) is 0 Å². The Morgan fingerprint density at radius 1 is 1.00 bits per heavy atom. The van der Waals surface area contributed by atoms with E-state index in [1.807, 2.05) is 80.2 Å². The molecular formula is C22H30N4O2. The van der Waals surface area contributed by atoms with Crippen LogP contribution in [0.5, 0.6) is 5.75 Å². The molecule has 1 aliphatic heterocycles. The number of nitrogens with one attached hydrogen (secondary N) is 1. The Morgan fingerprint density at radius 3 is 2.25 bits per heavy atom. The standard InChI is InChI=1S/C22H30N4O2/c1-17(2)28-21-8-6-5-7-20(21)25-13-15-26(16-14-25)22(27)23-18-9-11-19(12-10-18)24(3)4/h5-12,17H,13-16H2,1-4H3,(H,23,27). The number of nitrogens with zero attached hydrogens (tertiary/aromatic N) is 3. The zero-order valence-electron chi connectivity index (χ0n) is 17.2. The van der Waals surface area contributed by atoms with E-state index in [1.54, 1.807) is 0 Å². The number of para-hydroxylation sites is 2. The van der Waals surface area contributed by atoms with Crippen molar-refractivity contribution in [3.8, 4) is 5.75 Å². The molecule has 2 aromatic rings. The van der Waals surface area contributed by atoms with E-state index in [4.69, 9.17) is 4.74 Å². The number of carbonyl (C=O) groups excluding carboxylic acids is 1. The summed E-state index contributed by atoms with van der Waals surface area (Å²) in [6, 6.07) is 15.9. The van der Waals surface area contributed by atoms with Gasteiger partial charge in [-0.2, -0.15) is 0 Å². The summed E-state index contributed by atoms with van der Waals surface area (Å²) in [7, 11) is 3.99. The number of ether oxygens (including phenoxy) is 1. The average Bonchev–Trinajstić information content (AvgIpc) is 2.68. The van der Waals surface area contributed by atoms with Gasteiger partial charge in [-0.3, -0.25) is 0 Å². The summed E-state index contributed by atoms with van der Waals surface area (Å²) in [5, 5.41) is 3.00. The largest absolute Gasteiger partial charge is 0.489 e. The van der Waals surface area contributed by atoms with Gasteiger partial charge in [0.1, 0.15) is 5.75 Å². The molecule has 0 aliphatic carbocycles. The van der Waals surface area contributed by atoms with Gasteiger partial charge in [0.05, 0.1) is 11.8 Å². The number of anilines is 3. The molecule has 1 aliphatic rings. The molecule has 0 radical (unpaired) electrons. The lowest BCUT2D eigenvalue weighted by molar-refractivity contribution is 0.207. The molecule has 0 saturated carbocycles. The molecule has 0 spiro atoms. The van der Waals surface area contributed by atoms with Crippen molar-refractivity contribution in [2.24, 2.45) is 0 Å². The van der Waals surface area contributed by atoms with Gasteiger partial charge >= 0.3 is 6.03 Å². The van der Waals surface area contributed by atoms with Crippen LogP contribution in [0.1, 0.15) is 13.8 Å². The van der Waals surface area contributed by atoms with E-state index >= 15 is 0 Å². The van der Waals surface area contributed by atoms with Crippen LogP contribution >= 0.6 is 0 Å². The number of urea groups is 1. The predicted octanol–water partition coefficient (Wildman–Crippen LogP) is 3.89. The quantitative estimate of drug-likeness (QED) is 0.852. The highest BCUT2D eigenvalue weighted by Crippen LogP contribution is 2.29. The van der Waals surface area contributed by atoms with Gasteiger partial charge < -0.3 is 24.8 Å². The van der Waals surface area contributed by atoms with Gasteiger partial charge in [-0.1, -0.05) is 12.1 Å². The van der Waals surface area contributed by atoms with Crippen molar-refractivity contribution >= 4 is 23.1 Å². The molecule has 6 nitrogen and oxygen atoms in total. The number of rotatable bonds is 5. The first-order valence-electron chi connectivity index (χ1n) is 9.78. The SMILES string of the molecule is CC(C)Oc1ccccc1N1CCN(C(=O)Nc2ccc(N(C)C)cc2)CC1. The second-order valence-electron chi connectivity index (χ2n) is 7.48. The molecule has 1 saturated heterocycles. The second-order valence-corrected chi connectivity index (χ2v) is 7.48. The zero-order chi connectivity index (χ0) is 20.1. The Kier molecular flexibility index (Phi) is 6.29. The second kappa shape index (κ2) is 8.87. The van der Waals surface area contributed by atoms with E-state index in [2.05, 4.69) is 16.3 Å². The van der Waals surface area contributed by atoms with Gasteiger partial charge in [0, 0.05) is 51.6 Å². The molecule has 1 fully saturated rings. The highest BCUT2D eigenvalue weighted by Gasteiger charge is 2.23. The van der Waals surface area contributed by atoms with Crippen molar-refractivity contribution in [2.75, 3.05) is 55.4 Å². The van der Waals surface area contributed by atoms with Crippen LogP contribution in [0.3, 0.4) is 0 Å². The van der Waals surface area contributed by atoms with Crippen molar-refractivity contribution in [1.82, 2.24) is 4.90 Å². The number of benzene rings is 2. The Bertz CT molecular complexity index is 781. The Labute approximate surface area is 167 Å². The van der Waals surface area contributed by atoms with Gasteiger partial charge in [0.2, 0.25) is 0 Å². The van der Waals surface area contributed by atoms with Crippen molar-refractivity contribution in [2.45, 2.75) is 20.0 Å². The highest BCUT2D eigenvalue weighted by molar-refractivity contribution is 5.89. The summed E-state index contributed by atoms with van der Waals surface area (Å²) < 4.78 is 5.94. The van der Waals surface area contributed by atoms with Crippen molar-refractivity contribution in [1.29, 1.82) is 0 Å². The van der Waals surface area contributed by atoms with Crippen LogP contribution in [0, 0.1) is 0 Å². The lowest BCUT2D eigenvalue weighted by Gasteiger charge is -2.36. The Morgan fingerprint density at radius 2 is 1.64 bits per heavy atom. The molecule has 1 N–H and O–H groups in total. The lowest BCUT2D eigenvalue weighted by atomic mass is 10.2. The monoisotopic (exact) mass is 382 g/mol. The van der Waals surface area contributed by atoms with E-state index in [1.165, 1.54) is 0 Å². The minimum atomic E-state index is -0.0519. The van der Waals surface area contributed by atoms with E-state index in [0.717, 1.165) is 35.9 Å². The first-order chi connectivity index (χ1) is 13.4. The fourth-order valence-corrected chi connectivity index (χ4v) is 3.27. The summed E-state index contributed by atoms with van der Waals surface area (Å²) in [4.78, 5) is 18.8. The molecule has 0 atom stereocenters. The minimum Gasteiger partial charge on any atom is -0.489 e. The third kappa shape index (κ3) is 4.88. The number of carbonyl (C=O) groups is 1. The lowest BCUT2D eigenvalue weighted by Crippen LogP contribution is -2.50. The summed E-state index contributed by atoms with van der Waals surface area (Å²) >= 11 is 0. The third-order valence-electron chi connectivity index (χ3n) is 4.77. The van der Waals surface area contributed by atoms with Crippen LogP contribution in [0.25, 0.3) is 0 Å². The average molecular weight is 383 g/mol. The van der Waals surface area contributed by atoms with Crippen molar-refractivity contribution in [3.05, 3.63) is 48.5 Å². The van der Waals surface area contributed by atoms with E-state index in [-0.39, 0.29) is 12.1 Å². The predicted molar refractivity (Wildman–Crippen MR) is 116 cm³/mol. The molecule has 1 heterocycles. The minimum absolute atomic E-state index is 0.0519. The zero-order valence-corrected chi connectivity index (χ0v) is 17.2. The van der Waals surface area contributed by atoms with Gasteiger partial charge in [0.25, 0.3) is 0 Å². The maximum absolute atomic E-state index is 12.6. The molecule has 0 bridgehead atoms. The van der Waals surface area contributed by atoms with Crippen LogP contribution < -0.4 is 19.9 Å². The van der Waals surface area contributed by atoms with E-state index in [0.29, 0.717) is 13.1 Å². The maximum Gasteiger partial charge on any atom is 0.321 e. The first-order valence-corrected chi connectivity index (χ1v) is 9.78. The van der Waals surface area contributed by atoms with Crippen molar-refractivity contribution < 1.29 is 9.53 Å². The van der Waals surface area contributed by atoms with Gasteiger partial charge in [-0.25, -0.2) is 4.79 Å². The first kappa shape index (κ1) is 19.9. The van der Waals surface area contributed by atoms with Gasteiger partial charge in [-0.15, -0.1) is 0 Å². The smallest absolute Gasteiger partial charge is 0.321 e. The molecule has 2 aromatic carbocycles. The van der Waals surface area contributed by atoms with Crippen LogP contribution in [0.4, 0.5) is 21.9 Å². The fourth-order valence-electron chi connectivity index (χ4n) is 3.27. The number of piperazine rings is 1. The van der Waals surface area contributed by atoms with Gasteiger partial charge in [-0.05, 0) is 50.2 Å². The molecule has 28 heavy (non-hydrogen) atoms. The van der Waals surface area contributed by atoms with Gasteiger partial charge in [0.15, 0.2) is 0 Å². The Hall–Kier alpha value is -2.89. The normalized spacial score (nSPS) is 14.2. The molecule has 0 unspecified atom stereocenters. The van der Waals surface area contributed by atoms with Crippen LogP contribution in [-0.2, 0) is 0 Å². The van der Waals surface area contributed by atoms with Crippen LogP contribution in [0.15, 0.2) is 48.5 Å². The summed E-state index contributed by atoms with van der Waals surface area (Å²) in [6.45, 7) is 6.99. The topological polar surface area (TPSA) is 48.1 Å². The summed E-state index contributed by atoms with van der Waals surface area (Å²) in [6.07, 6.45) is 0.132. The van der Waals surface area contributed by atoms with E-state index < -0.39 is 0 Å². The number of hydrogen-bond acceptors (Lipinski definition) is 4. The summed E-state index contributed by atoms with van der Waals surface area (Å²) in [5.74, 6) is 0.899. The molecule has 150 valence electrons. The molecule has 0 aromatic heterocycles. The number of amides is 2. The third-order valence-corrected chi connectivity index (χ3v) is 4.77.